The number of hydrogen-bond donors (Lipinski definition) is 0. The Morgan fingerprint density at radius 3 is 2.64 bits per heavy atom. The molecule has 1 amide bonds. The van der Waals surface area contributed by atoms with Crippen molar-refractivity contribution >= 4 is 5.91 Å². The largest absolute Gasteiger partial charge is 0.496 e. The van der Waals surface area contributed by atoms with E-state index in [1.807, 2.05) is 11.0 Å². The van der Waals surface area contributed by atoms with Gasteiger partial charge in [0, 0.05) is 45.7 Å². The monoisotopic (exact) mass is 387 g/mol. The molecule has 28 heavy (non-hydrogen) atoms. The van der Waals surface area contributed by atoms with Gasteiger partial charge in [-0.3, -0.25) is 4.79 Å². The molecule has 0 saturated carbocycles. The smallest absolute Gasteiger partial charge is 0.219 e. The van der Waals surface area contributed by atoms with Gasteiger partial charge in [0.25, 0.3) is 0 Å². The highest BCUT2D eigenvalue weighted by molar-refractivity contribution is 5.73. The third kappa shape index (κ3) is 5.71. The number of ether oxygens (including phenoxy) is 1. The van der Waals surface area contributed by atoms with Crippen LogP contribution in [0.3, 0.4) is 0 Å². The van der Waals surface area contributed by atoms with Gasteiger partial charge in [0.1, 0.15) is 5.75 Å². The highest BCUT2D eigenvalue weighted by Crippen LogP contribution is 2.23. The summed E-state index contributed by atoms with van der Waals surface area (Å²) in [6.07, 6.45) is 5.91. The molecule has 2 aliphatic heterocycles. The van der Waals surface area contributed by atoms with Gasteiger partial charge >= 0.3 is 0 Å². The quantitative estimate of drug-likeness (QED) is 0.721. The minimum atomic E-state index is 0.221. The lowest BCUT2D eigenvalue weighted by atomic mass is 9.95. The van der Waals surface area contributed by atoms with E-state index < -0.39 is 0 Å². The summed E-state index contributed by atoms with van der Waals surface area (Å²) in [7, 11) is 4.04. The molecule has 1 aromatic rings. The molecular formula is C23H37N3O2. The Morgan fingerprint density at radius 1 is 1.18 bits per heavy atom. The molecule has 5 nitrogen and oxygen atoms in total. The summed E-state index contributed by atoms with van der Waals surface area (Å²) in [5.74, 6) is 1.98. The first-order chi connectivity index (χ1) is 13.6. The minimum absolute atomic E-state index is 0.221. The maximum atomic E-state index is 11.5. The third-order valence-corrected chi connectivity index (χ3v) is 6.57. The van der Waals surface area contributed by atoms with Crippen molar-refractivity contribution in [2.45, 2.75) is 45.1 Å². The van der Waals surface area contributed by atoms with Crippen LogP contribution in [0.2, 0.25) is 0 Å². The lowest BCUT2D eigenvalue weighted by molar-refractivity contribution is -0.130. The number of nitrogens with zero attached hydrogens (tertiary/aromatic N) is 3. The second-order valence-electron chi connectivity index (χ2n) is 8.55. The molecule has 1 aromatic carbocycles. The Balaban J connectivity index is 1.44. The Bertz CT molecular complexity index is 628. The van der Waals surface area contributed by atoms with E-state index in [1.165, 1.54) is 38.0 Å². The summed E-state index contributed by atoms with van der Waals surface area (Å²) in [6.45, 7) is 8.22. The first-order valence-electron chi connectivity index (χ1n) is 10.9. The molecule has 5 heteroatoms. The molecule has 1 unspecified atom stereocenters. The number of carbonyl (C=O) groups excluding carboxylic acids is 1. The predicted octanol–water partition coefficient (Wildman–Crippen LogP) is 2.89. The molecule has 2 aliphatic rings. The number of methoxy groups -OCH3 is 1. The minimum Gasteiger partial charge on any atom is -0.496 e. The molecule has 0 bridgehead atoms. The van der Waals surface area contributed by atoms with Crippen molar-refractivity contribution in [1.29, 1.82) is 0 Å². The van der Waals surface area contributed by atoms with Crippen LogP contribution in [-0.2, 0) is 11.2 Å². The molecular weight excluding hydrogens is 350 g/mol. The second-order valence-corrected chi connectivity index (χ2v) is 8.55. The third-order valence-electron chi connectivity index (χ3n) is 6.57. The molecule has 3 rings (SSSR count). The maximum absolute atomic E-state index is 11.5. The van der Waals surface area contributed by atoms with Crippen LogP contribution in [0, 0.1) is 5.92 Å². The van der Waals surface area contributed by atoms with E-state index in [9.17, 15) is 4.79 Å². The zero-order valence-corrected chi connectivity index (χ0v) is 17.9. The molecule has 0 spiro atoms. The normalized spacial score (nSPS) is 21.9. The molecule has 156 valence electrons. The van der Waals surface area contributed by atoms with Gasteiger partial charge in [-0.15, -0.1) is 0 Å². The number of benzene rings is 1. The summed E-state index contributed by atoms with van der Waals surface area (Å²) in [6, 6.07) is 9.00. The van der Waals surface area contributed by atoms with Crippen LogP contribution in [0.4, 0.5) is 0 Å². The number of rotatable bonds is 7. The first kappa shape index (κ1) is 21.1. The fourth-order valence-electron chi connectivity index (χ4n) is 4.87. The molecule has 0 aliphatic carbocycles. The summed E-state index contributed by atoms with van der Waals surface area (Å²) >= 11 is 0. The van der Waals surface area contributed by atoms with Crippen LogP contribution in [0.1, 0.15) is 38.2 Å². The van der Waals surface area contributed by atoms with Crippen molar-refractivity contribution in [3.05, 3.63) is 29.8 Å². The van der Waals surface area contributed by atoms with Crippen molar-refractivity contribution in [2.24, 2.45) is 5.92 Å². The molecule has 1 atom stereocenters. The molecule has 2 heterocycles. The van der Waals surface area contributed by atoms with Gasteiger partial charge in [-0.1, -0.05) is 18.2 Å². The van der Waals surface area contributed by atoms with Crippen LogP contribution in [0.25, 0.3) is 0 Å². The van der Waals surface area contributed by atoms with Gasteiger partial charge < -0.3 is 19.4 Å². The summed E-state index contributed by atoms with van der Waals surface area (Å²) in [4.78, 5) is 18.7. The predicted molar refractivity (Wildman–Crippen MR) is 114 cm³/mol. The lowest BCUT2D eigenvalue weighted by Gasteiger charge is -2.40. The number of carbonyl (C=O) groups is 1. The van der Waals surface area contributed by atoms with Gasteiger partial charge in [-0.25, -0.2) is 0 Å². The van der Waals surface area contributed by atoms with Crippen molar-refractivity contribution in [3.63, 3.8) is 0 Å². The van der Waals surface area contributed by atoms with Crippen molar-refractivity contribution in [2.75, 3.05) is 53.4 Å². The SMILES string of the molecule is COc1ccccc1CCN1CCCC(CN(C)C2CCN(C(C)=O)CC2)C1. The summed E-state index contributed by atoms with van der Waals surface area (Å²) in [5, 5.41) is 0. The summed E-state index contributed by atoms with van der Waals surface area (Å²) < 4.78 is 5.50. The fourth-order valence-corrected chi connectivity index (χ4v) is 4.87. The highest BCUT2D eigenvalue weighted by atomic mass is 16.5. The Morgan fingerprint density at radius 2 is 1.93 bits per heavy atom. The number of amides is 1. The molecule has 2 saturated heterocycles. The number of para-hydroxylation sites is 1. The summed E-state index contributed by atoms with van der Waals surface area (Å²) in [5.41, 5.74) is 1.31. The molecule has 0 N–H and O–H groups in total. The maximum Gasteiger partial charge on any atom is 0.219 e. The average Bonchev–Trinajstić information content (AvgIpc) is 2.72. The Kier molecular flexibility index (Phi) is 7.74. The van der Waals surface area contributed by atoms with E-state index in [0.29, 0.717) is 6.04 Å². The van der Waals surface area contributed by atoms with E-state index in [-0.39, 0.29) is 5.91 Å². The van der Waals surface area contributed by atoms with Crippen LogP contribution < -0.4 is 4.74 Å². The number of piperidine rings is 2. The van der Waals surface area contributed by atoms with Crippen LogP contribution in [-0.4, -0.2) is 80.1 Å². The Labute approximate surface area is 170 Å². The van der Waals surface area contributed by atoms with Gasteiger partial charge in [0.05, 0.1) is 7.11 Å². The van der Waals surface area contributed by atoms with Crippen molar-refractivity contribution < 1.29 is 9.53 Å². The van der Waals surface area contributed by atoms with Gasteiger partial charge in [-0.05, 0) is 63.2 Å². The van der Waals surface area contributed by atoms with E-state index in [1.54, 1.807) is 14.0 Å². The standard InChI is InChI=1S/C23H37N3O2/c1-19(27)26-15-11-22(12-16-26)24(2)17-20-7-6-13-25(18-20)14-10-21-8-4-5-9-23(21)28-3/h4-5,8-9,20,22H,6-7,10-18H2,1-3H3. The van der Waals surface area contributed by atoms with E-state index >= 15 is 0 Å². The topological polar surface area (TPSA) is 36.0 Å². The second kappa shape index (κ2) is 10.3. The van der Waals surface area contributed by atoms with Crippen LogP contribution in [0.5, 0.6) is 5.75 Å². The molecule has 0 radical (unpaired) electrons. The zero-order chi connectivity index (χ0) is 19.9. The van der Waals surface area contributed by atoms with Crippen molar-refractivity contribution in [1.82, 2.24) is 14.7 Å². The molecule has 0 aromatic heterocycles. The van der Waals surface area contributed by atoms with Gasteiger partial charge in [0.2, 0.25) is 5.91 Å². The average molecular weight is 388 g/mol. The fraction of sp³-hybridized carbons (Fsp3) is 0.696. The van der Waals surface area contributed by atoms with Gasteiger partial charge in [-0.2, -0.15) is 0 Å². The lowest BCUT2D eigenvalue weighted by Crippen LogP contribution is -2.48. The van der Waals surface area contributed by atoms with Crippen molar-refractivity contribution in [3.8, 4) is 5.75 Å². The van der Waals surface area contributed by atoms with Gasteiger partial charge in [0.15, 0.2) is 0 Å². The number of hydrogen-bond acceptors (Lipinski definition) is 4. The molecule has 2 fully saturated rings. The Hall–Kier alpha value is -1.59. The van der Waals surface area contributed by atoms with Crippen LogP contribution >= 0.6 is 0 Å². The first-order valence-corrected chi connectivity index (χ1v) is 10.9. The van der Waals surface area contributed by atoms with E-state index in [0.717, 1.165) is 50.6 Å². The van der Waals surface area contributed by atoms with E-state index in [4.69, 9.17) is 4.74 Å². The van der Waals surface area contributed by atoms with Crippen LogP contribution in [0.15, 0.2) is 24.3 Å². The number of likely N-dealkylation sites (tertiary alicyclic amines) is 2. The highest BCUT2D eigenvalue weighted by Gasteiger charge is 2.27. The van der Waals surface area contributed by atoms with E-state index in [2.05, 4.69) is 35.0 Å². The zero-order valence-electron chi connectivity index (χ0n) is 17.9.